The van der Waals surface area contributed by atoms with E-state index < -0.39 is 0 Å². The van der Waals surface area contributed by atoms with Gasteiger partial charge in [-0.05, 0) is 76.8 Å². The first-order valence-electron chi connectivity index (χ1n) is 14.4. The van der Waals surface area contributed by atoms with E-state index in [4.69, 9.17) is 19.4 Å². The standard InChI is InChI=1S/C30H41N7O3/c1-4-31-28(38)18-32-26-14-6-12-24-21(9-5-13-25(24)26)17-27-33-29(39-22-10-7-15-36(2)19-22)35-30(34-27)40-23-11-8-16-37(3)20-23/h5-6,9,12-14,22-23,32H,4,7-8,10-11,15-20H2,1-3H3,(H,31,38). The fourth-order valence-electron chi connectivity index (χ4n) is 5.58. The van der Waals surface area contributed by atoms with Crippen molar-refractivity contribution < 1.29 is 14.3 Å². The molecule has 5 rings (SSSR count). The van der Waals surface area contributed by atoms with Crippen LogP contribution in [0.1, 0.15) is 44.0 Å². The second-order valence-electron chi connectivity index (χ2n) is 10.9. The summed E-state index contributed by atoms with van der Waals surface area (Å²) in [4.78, 5) is 30.7. The number of benzene rings is 2. The van der Waals surface area contributed by atoms with Gasteiger partial charge in [-0.25, -0.2) is 0 Å². The van der Waals surface area contributed by atoms with Gasteiger partial charge in [-0.3, -0.25) is 4.79 Å². The zero-order valence-corrected chi connectivity index (χ0v) is 23.9. The highest BCUT2D eigenvalue weighted by Gasteiger charge is 2.23. The summed E-state index contributed by atoms with van der Waals surface area (Å²) < 4.78 is 12.6. The first-order valence-corrected chi connectivity index (χ1v) is 14.4. The Morgan fingerprint density at radius 1 is 0.900 bits per heavy atom. The third-order valence-electron chi connectivity index (χ3n) is 7.52. The Hall–Kier alpha value is -3.50. The maximum absolute atomic E-state index is 12.0. The summed E-state index contributed by atoms with van der Waals surface area (Å²) in [5.41, 5.74) is 1.99. The van der Waals surface area contributed by atoms with E-state index in [0.717, 1.165) is 73.9 Å². The zero-order chi connectivity index (χ0) is 27.9. The van der Waals surface area contributed by atoms with Gasteiger partial charge in [0.25, 0.3) is 0 Å². The second kappa shape index (κ2) is 13.2. The second-order valence-corrected chi connectivity index (χ2v) is 10.9. The number of hydrogen-bond acceptors (Lipinski definition) is 9. The summed E-state index contributed by atoms with van der Waals surface area (Å²) in [5, 5.41) is 8.23. The maximum Gasteiger partial charge on any atom is 0.323 e. The van der Waals surface area contributed by atoms with Gasteiger partial charge in [0.2, 0.25) is 5.91 Å². The van der Waals surface area contributed by atoms with E-state index in [2.05, 4.69) is 57.7 Å². The van der Waals surface area contributed by atoms with Crippen LogP contribution >= 0.6 is 0 Å². The van der Waals surface area contributed by atoms with E-state index in [1.807, 2.05) is 25.1 Å². The predicted octanol–water partition coefficient (Wildman–Crippen LogP) is 3.11. The highest BCUT2D eigenvalue weighted by atomic mass is 16.5. The number of anilines is 1. The Labute approximate surface area is 236 Å². The van der Waals surface area contributed by atoms with Crippen molar-refractivity contribution in [3.63, 3.8) is 0 Å². The summed E-state index contributed by atoms with van der Waals surface area (Å²) in [5.74, 6) is 0.579. The Morgan fingerprint density at radius 2 is 1.52 bits per heavy atom. The van der Waals surface area contributed by atoms with Crippen LogP contribution in [0.5, 0.6) is 12.0 Å². The summed E-state index contributed by atoms with van der Waals surface area (Å²) in [6.07, 6.45) is 4.71. The molecule has 10 heteroatoms. The molecule has 0 aliphatic carbocycles. The van der Waals surface area contributed by atoms with Gasteiger partial charge in [0.1, 0.15) is 18.0 Å². The van der Waals surface area contributed by atoms with E-state index >= 15 is 0 Å². The van der Waals surface area contributed by atoms with Crippen LogP contribution in [0.15, 0.2) is 36.4 Å². The number of rotatable bonds is 10. The van der Waals surface area contributed by atoms with Crippen molar-refractivity contribution in [2.45, 2.75) is 51.2 Å². The molecule has 1 aromatic heterocycles. The van der Waals surface area contributed by atoms with Crippen LogP contribution in [0.4, 0.5) is 5.69 Å². The van der Waals surface area contributed by atoms with E-state index in [9.17, 15) is 4.79 Å². The highest BCUT2D eigenvalue weighted by Crippen LogP contribution is 2.28. The molecule has 0 saturated carbocycles. The summed E-state index contributed by atoms with van der Waals surface area (Å²) in [6, 6.07) is 12.9. The van der Waals surface area contributed by atoms with Gasteiger partial charge in [0, 0.05) is 37.1 Å². The van der Waals surface area contributed by atoms with Crippen molar-refractivity contribution in [2.24, 2.45) is 0 Å². The van der Waals surface area contributed by atoms with Crippen LogP contribution in [-0.4, -0.2) is 96.2 Å². The molecule has 1 amide bonds. The SMILES string of the molecule is CCNC(=O)CNc1cccc2c(Cc3nc(OC4CCCN(C)C4)nc(OC4CCCN(C)C4)n3)cccc12. The van der Waals surface area contributed by atoms with E-state index in [-0.39, 0.29) is 24.7 Å². The Balaban J connectivity index is 1.40. The number of hydrogen-bond donors (Lipinski definition) is 2. The monoisotopic (exact) mass is 547 g/mol. The third kappa shape index (κ3) is 7.37. The van der Waals surface area contributed by atoms with E-state index in [1.54, 1.807) is 0 Å². The van der Waals surface area contributed by atoms with Crippen LogP contribution in [-0.2, 0) is 11.2 Å². The van der Waals surface area contributed by atoms with Gasteiger partial charge in [-0.2, -0.15) is 9.97 Å². The smallest absolute Gasteiger partial charge is 0.323 e. The molecule has 2 fully saturated rings. The number of likely N-dealkylation sites (tertiary alicyclic amines) is 2. The minimum Gasteiger partial charge on any atom is -0.459 e. The molecule has 2 aromatic carbocycles. The van der Waals surface area contributed by atoms with Crippen molar-refractivity contribution in [3.8, 4) is 12.0 Å². The molecule has 2 N–H and O–H groups in total. The van der Waals surface area contributed by atoms with Crippen LogP contribution in [0, 0.1) is 0 Å². The molecular formula is C30H41N7O3. The largest absolute Gasteiger partial charge is 0.459 e. The molecule has 3 aromatic rings. The summed E-state index contributed by atoms with van der Waals surface area (Å²) in [7, 11) is 4.23. The summed E-state index contributed by atoms with van der Waals surface area (Å²) >= 11 is 0. The van der Waals surface area contributed by atoms with Crippen LogP contribution in [0.25, 0.3) is 10.8 Å². The van der Waals surface area contributed by atoms with Crippen molar-refractivity contribution in [3.05, 3.63) is 47.8 Å². The van der Waals surface area contributed by atoms with Gasteiger partial charge in [0.15, 0.2) is 0 Å². The van der Waals surface area contributed by atoms with E-state index in [1.165, 1.54) is 0 Å². The molecule has 3 heterocycles. The molecule has 2 unspecified atom stereocenters. The number of carbonyl (C=O) groups is 1. The number of amides is 1. The van der Waals surface area contributed by atoms with Crippen molar-refractivity contribution in [1.29, 1.82) is 0 Å². The lowest BCUT2D eigenvalue weighted by atomic mass is 10.0. The van der Waals surface area contributed by atoms with Crippen molar-refractivity contribution in [2.75, 3.05) is 58.7 Å². The van der Waals surface area contributed by atoms with Crippen LogP contribution in [0.3, 0.4) is 0 Å². The molecule has 2 saturated heterocycles. The first-order chi connectivity index (χ1) is 19.5. The fraction of sp³-hybridized carbons (Fsp3) is 0.533. The predicted molar refractivity (Wildman–Crippen MR) is 156 cm³/mol. The van der Waals surface area contributed by atoms with Crippen LogP contribution < -0.4 is 20.1 Å². The molecule has 0 bridgehead atoms. The number of likely N-dealkylation sites (N-methyl/N-ethyl adjacent to an activating group) is 3. The van der Waals surface area contributed by atoms with Crippen LogP contribution in [0.2, 0.25) is 0 Å². The number of piperidine rings is 2. The molecule has 40 heavy (non-hydrogen) atoms. The van der Waals surface area contributed by atoms with Gasteiger partial charge >= 0.3 is 12.0 Å². The molecule has 2 aliphatic heterocycles. The van der Waals surface area contributed by atoms with Gasteiger partial charge in [0.05, 0.1) is 6.54 Å². The molecular weight excluding hydrogens is 506 g/mol. The molecule has 2 atom stereocenters. The highest BCUT2D eigenvalue weighted by molar-refractivity contribution is 5.97. The quantitative estimate of drug-likeness (QED) is 0.396. The molecule has 10 nitrogen and oxygen atoms in total. The molecule has 0 spiro atoms. The average molecular weight is 548 g/mol. The zero-order valence-electron chi connectivity index (χ0n) is 23.9. The number of nitrogens with zero attached hydrogens (tertiary/aromatic N) is 5. The maximum atomic E-state index is 12.0. The number of aromatic nitrogens is 3. The minimum atomic E-state index is -0.0331. The number of ether oxygens (including phenoxy) is 2. The van der Waals surface area contributed by atoms with Crippen molar-refractivity contribution in [1.82, 2.24) is 30.1 Å². The fourth-order valence-corrected chi connectivity index (χ4v) is 5.58. The van der Waals surface area contributed by atoms with Gasteiger partial charge < -0.3 is 29.9 Å². The lowest BCUT2D eigenvalue weighted by molar-refractivity contribution is -0.119. The topological polar surface area (TPSA) is 105 Å². The van der Waals surface area contributed by atoms with Gasteiger partial charge in [-0.15, -0.1) is 4.98 Å². The Bertz CT molecular complexity index is 1260. The van der Waals surface area contributed by atoms with Crippen molar-refractivity contribution >= 4 is 22.4 Å². The average Bonchev–Trinajstić information content (AvgIpc) is 2.92. The summed E-state index contributed by atoms with van der Waals surface area (Å²) in [6.45, 7) is 6.59. The third-order valence-corrected chi connectivity index (χ3v) is 7.52. The molecule has 214 valence electrons. The van der Waals surface area contributed by atoms with E-state index in [0.29, 0.717) is 30.8 Å². The lowest BCUT2D eigenvalue weighted by Gasteiger charge is -2.30. The minimum absolute atomic E-state index is 0.0331. The lowest BCUT2D eigenvalue weighted by Crippen LogP contribution is -2.39. The molecule has 2 aliphatic rings. The normalized spacial score (nSPS) is 20.3. The number of carbonyl (C=O) groups excluding carboxylic acids is 1. The molecule has 0 radical (unpaired) electrons. The van der Waals surface area contributed by atoms with Gasteiger partial charge in [-0.1, -0.05) is 30.3 Å². The number of nitrogens with one attached hydrogen (secondary N) is 2. The first kappa shape index (κ1) is 28.0. The number of fused-ring (bicyclic) bond motifs is 1. The Kier molecular flexibility index (Phi) is 9.28. The Morgan fingerprint density at radius 3 is 2.15 bits per heavy atom.